The molecule has 1 aromatic heterocycles. The van der Waals surface area contributed by atoms with E-state index < -0.39 is 30.1 Å². The molecule has 1 amide bonds. The molecule has 0 saturated carbocycles. The predicted molar refractivity (Wildman–Crippen MR) is 83.7 cm³/mol. The number of nitrogens with zero attached hydrogens (tertiary/aromatic N) is 1. The first-order chi connectivity index (χ1) is 11.0. The number of carboxylic acid groups (broad SMARTS) is 1. The van der Waals surface area contributed by atoms with Gasteiger partial charge in [0.1, 0.15) is 6.04 Å². The number of rotatable bonds is 4. The van der Waals surface area contributed by atoms with E-state index in [1.54, 1.807) is 0 Å². The number of para-hydroxylation sites is 1. The van der Waals surface area contributed by atoms with Gasteiger partial charge in [0.25, 0.3) is 0 Å². The van der Waals surface area contributed by atoms with E-state index in [0.29, 0.717) is 6.42 Å². The molecule has 23 heavy (non-hydrogen) atoms. The summed E-state index contributed by atoms with van der Waals surface area (Å²) in [6.45, 7) is 0.0113. The van der Waals surface area contributed by atoms with Crippen molar-refractivity contribution in [2.24, 2.45) is 5.73 Å². The summed E-state index contributed by atoms with van der Waals surface area (Å²) in [4.78, 5) is 28.0. The van der Waals surface area contributed by atoms with Crippen molar-refractivity contribution in [2.45, 2.75) is 31.0 Å². The number of carbonyl (C=O) groups excluding carboxylic acids is 1. The largest absolute Gasteiger partial charge is 0.480 e. The maximum absolute atomic E-state index is 12.5. The number of nitrogens with one attached hydrogen (secondary N) is 1. The number of nitrogens with two attached hydrogens (primary N) is 1. The fourth-order valence-electron chi connectivity index (χ4n) is 3.13. The van der Waals surface area contributed by atoms with Crippen LogP contribution in [-0.2, 0) is 16.0 Å². The average molecular weight is 317 g/mol. The Morgan fingerprint density at radius 1 is 1.39 bits per heavy atom. The van der Waals surface area contributed by atoms with Gasteiger partial charge in [-0.15, -0.1) is 0 Å². The molecule has 2 aromatic rings. The Morgan fingerprint density at radius 3 is 2.87 bits per heavy atom. The summed E-state index contributed by atoms with van der Waals surface area (Å²) in [5.74, 6) is -1.56. The predicted octanol–water partition coefficient (Wildman–Crippen LogP) is 0.0841. The van der Waals surface area contributed by atoms with Crippen LogP contribution in [-0.4, -0.2) is 56.7 Å². The molecule has 1 aliphatic rings. The fraction of sp³-hybridized carbons (Fsp3) is 0.375. The number of amides is 1. The second kappa shape index (κ2) is 6.02. The van der Waals surface area contributed by atoms with E-state index in [4.69, 9.17) is 5.73 Å². The normalized spacial score (nSPS) is 22.4. The van der Waals surface area contributed by atoms with Gasteiger partial charge in [-0.2, -0.15) is 0 Å². The van der Waals surface area contributed by atoms with E-state index in [1.807, 2.05) is 30.5 Å². The van der Waals surface area contributed by atoms with E-state index in [-0.39, 0.29) is 13.0 Å². The number of hydrogen-bond acceptors (Lipinski definition) is 4. The maximum atomic E-state index is 12.5. The minimum atomic E-state index is -1.12. The number of β-amino-alcohol motifs (C(OH)–C–C–N with tert-alkyl or cyclic N) is 1. The summed E-state index contributed by atoms with van der Waals surface area (Å²) < 4.78 is 0. The SMILES string of the molecule is N[C@@H](Cc1c[nH]c2ccccc12)C(=O)N1C[C@H](O)C[C@H]1C(=O)O. The summed E-state index contributed by atoms with van der Waals surface area (Å²) in [5, 5.41) is 19.8. The number of benzene rings is 1. The Bertz CT molecular complexity index is 742. The zero-order valence-corrected chi connectivity index (χ0v) is 12.5. The maximum Gasteiger partial charge on any atom is 0.326 e. The summed E-state index contributed by atoms with van der Waals surface area (Å²) in [5.41, 5.74) is 7.88. The lowest BCUT2D eigenvalue weighted by Gasteiger charge is -2.24. The number of aliphatic hydroxyl groups excluding tert-OH is 1. The lowest BCUT2D eigenvalue weighted by molar-refractivity contribution is -0.148. The van der Waals surface area contributed by atoms with Crippen molar-refractivity contribution >= 4 is 22.8 Å². The van der Waals surface area contributed by atoms with Crippen LogP contribution in [0.15, 0.2) is 30.5 Å². The van der Waals surface area contributed by atoms with Crippen LogP contribution in [0.2, 0.25) is 0 Å². The van der Waals surface area contributed by atoms with Crippen LogP contribution in [0.3, 0.4) is 0 Å². The molecule has 5 N–H and O–H groups in total. The highest BCUT2D eigenvalue weighted by Crippen LogP contribution is 2.22. The highest BCUT2D eigenvalue weighted by Gasteiger charge is 2.40. The first-order valence-electron chi connectivity index (χ1n) is 7.49. The van der Waals surface area contributed by atoms with E-state index in [1.165, 1.54) is 4.90 Å². The molecular weight excluding hydrogens is 298 g/mol. The molecule has 0 bridgehead atoms. The second-order valence-corrected chi connectivity index (χ2v) is 5.90. The number of aromatic nitrogens is 1. The monoisotopic (exact) mass is 317 g/mol. The van der Waals surface area contributed by atoms with Crippen LogP contribution in [0, 0.1) is 0 Å². The van der Waals surface area contributed by atoms with Crippen LogP contribution < -0.4 is 5.73 Å². The number of fused-ring (bicyclic) bond motifs is 1. The quantitative estimate of drug-likeness (QED) is 0.637. The Balaban J connectivity index is 1.76. The summed E-state index contributed by atoms with van der Waals surface area (Å²) in [6, 6.07) is 5.84. The van der Waals surface area contributed by atoms with Crippen molar-refractivity contribution in [3.8, 4) is 0 Å². The molecule has 0 radical (unpaired) electrons. The number of aromatic amines is 1. The van der Waals surface area contributed by atoms with Crippen molar-refractivity contribution in [3.63, 3.8) is 0 Å². The van der Waals surface area contributed by atoms with Crippen LogP contribution in [0.5, 0.6) is 0 Å². The number of carboxylic acids is 1. The van der Waals surface area contributed by atoms with Crippen LogP contribution in [0.25, 0.3) is 10.9 Å². The molecule has 7 nitrogen and oxygen atoms in total. The third kappa shape index (κ3) is 2.93. The molecule has 2 heterocycles. The lowest BCUT2D eigenvalue weighted by atomic mass is 10.0. The van der Waals surface area contributed by atoms with E-state index in [0.717, 1.165) is 16.5 Å². The van der Waals surface area contributed by atoms with Gasteiger partial charge in [-0.05, 0) is 18.1 Å². The third-order valence-electron chi connectivity index (χ3n) is 4.28. The summed E-state index contributed by atoms with van der Waals surface area (Å²) in [7, 11) is 0. The van der Waals surface area contributed by atoms with Crippen LogP contribution in [0.4, 0.5) is 0 Å². The molecule has 0 aliphatic carbocycles. The number of hydrogen-bond donors (Lipinski definition) is 4. The molecule has 1 aromatic carbocycles. The summed E-state index contributed by atoms with van der Waals surface area (Å²) in [6.07, 6.45) is 1.34. The molecule has 3 atom stereocenters. The Hall–Kier alpha value is -2.38. The molecule has 122 valence electrons. The van der Waals surface area contributed by atoms with Gasteiger partial charge in [0.15, 0.2) is 0 Å². The molecule has 1 fully saturated rings. The van der Waals surface area contributed by atoms with Gasteiger partial charge in [-0.1, -0.05) is 18.2 Å². The first kappa shape index (κ1) is 15.5. The molecule has 3 rings (SSSR count). The minimum absolute atomic E-state index is 0.0113. The minimum Gasteiger partial charge on any atom is -0.480 e. The van der Waals surface area contributed by atoms with Crippen molar-refractivity contribution in [3.05, 3.63) is 36.0 Å². The van der Waals surface area contributed by atoms with Crippen molar-refractivity contribution in [1.82, 2.24) is 9.88 Å². The second-order valence-electron chi connectivity index (χ2n) is 5.90. The van der Waals surface area contributed by atoms with E-state index >= 15 is 0 Å². The molecule has 0 unspecified atom stereocenters. The highest BCUT2D eigenvalue weighted by molar-refractivity contribution is 5.89. The van der Waals surface area contributed by atoms with Crippen molar-refractivity contribution in [2.75, 3.05) is 6.54 Å². The average Bonchev–Trinajstić information content (AvgIpc) is 3.11. The van der Waals surface area contributed by atoms with Gasteiger partial charge in [-0.3, -0.25) is 4.79 Å². The van der Waals surface area contributed by atoms with Gasteiger partial charge < -0.3 is 25.8 Å². The topological polar surface area (TPSA) is 120 Å². The van der Waals surface area contributed by atoms with Gasteiger partial charge in [-0.25, -0.2) is 4.79 Å². The highest BCUT2D eigenvalue weighted by atomic mass is 16.4. The van der Waals surface area contributed by atoms with Crippen molar-refractivity contribution < 1.29 is 19.8 Å². The third-order valence-corrected chi connectivity index (χ3v) is 4.28. The first-order valence-corrected chi connectivity index (χ1v) is 7.49. The fourth-order valence-corrected chi connectivity index (χ4v) is 3.13. The summed E-state index contributed by atoms with van der Waals surface area (Å²) >= 11 is 0. The number of likely N-dealkylation sites (tertiary alicyclic amines) is 1. The number of aliphatic carboxylic acids is 1. The number of H-pyrrole nitrogens is 1. The Kier molecular flexibility index (Phi) is 4.06. The van der Waals surface area contributed by atoms with Crippen molar-refractivity contribution in [1.29, 1.82) is 0 Å². The zero-order valence-electron chi connectivity index (χ0n) is 12.5. The Morgan fingerprint density at radius 2 is 2.13 bits per heavy atom. The van der Waals surface area contributed by atoms with E-state index in [2.05, 4.69) is 4.98 Å². The number of carbonyl (C=O) groups is 2. The van der Waals surface area contributed by atoms with Gasteiger partial charge >= 0.3 is 5.97 Å². The zero-order chi connectivity index (χ0) is 16.6. The van der Waals surface area contributed by atoms with Crippen LogP contribution in [0.1, 0.15) is 12.0 Å². The number of aliphatic hydroxyl groups is 1. The molecular formula is C16H19N3O4. The van der Waals surface area contributed by atoms with Gasteiger partial charge in [0.2, 0.25) is 5.91 Å². The standard InChI is InChI=1S/C16H19N3O4/c17-12(5-9-7-18-13-4-2-1-3-11(9)13)15(21)19-8-10(20)6-14(19)16(22)23/h1-4,7,10,12,14,18,20H,5-6,8,17H2,(H,22,23)/t10-,12+,14+/m1/s1. The van der Waals surface area contributed by atoms with Gasteiger partial charge in [0.05, 0.1) is 12.1 Å². The Labute approximate surface area is 132 Å². The van der Waals surface area contributed by atoms with Gasteiger partial charge in [0, 0.05) is 30.1 Å². The molecule has 1 aliphatic heterocycles. The van der Waals surface area contributed by atoms with Crippen LogP contribution >= 0.6 is 0 Å². The lowest BCUT2D eigenvalue weighted by Crippen LogP contribution is -2.49. The molecule has 0 spiro atoms. The molecule has 1 saturated heterocycles. The van der Waals surface area contributed by atoms with E-state index in [9.17, 15) is 19.8 Å². The molecule has 7 heteroatoms. The smallest absolute Gasteiger partial charge is 0.326 e.